The van der Waals surface area contributed by atoms with Gasteiger partial charge in [-0.3, -0.25) is 14.9 Å². The second kappa shape index (κ2) is 16.0. The Kier molecular flexibility index (Phi) is 11.4. The minimum Gasteiger partial charge on any atom is -0.494 e. The van der Waals surface area contributed by atoms with Gasteiger partial charge in [-0.15, -0.1) is 0 Å². The minimum atomic E-state index is -0.838. The van der Waals surface area contributed by atoms with E-state index in [1.807, 2.05) is 69.3 Å². The molecule has 1 fully saturated rings. The molecule has 248 valence electrons. The second-order valence-electron chi connectivity index (χ2n) is 10.4. The molecule has 0 aliphatic carbocycles. The monoisotopic (exact) mass is 714 g/mol. The molecule has 4 amide bonds. The normalized spacial score (nSPS) is 13.7. The third kappa shape index (κ3) is 8.16. The smallest absolute Gasteiger partial charge is 0.335 e. The molecular formula is C37H35BrN2O8. The maximum atomic E-state index is 13.5. The van der Waals surface area contributed by atoms with E-state index in [0.717, 1.165) is 16.0 Å². The van der Waals surface area contributed by atoms with Crippen LogP contribution in [-0.2, 0) is 22.8 Å². The minimum absolute atomic E-state index is 0.193. The highest BCUT2D eigenvalue weighted by Crippen LogP contribution is 2.39. The summed E-state index contributed by atoms with van der Waals surface area (Å²) in [6.07, 6.45) is 1.41. The first kappa shape index (κ1) is 34.1. The number of nitrogens with one attached hydrogen (secondary N) is 1. The molecule has 5 rings (SSSR count). The highest BCUT2D eigenvalue weighted by Gasteiger charge is 2.37. The summed E-state index contributed by atoms with van der Waals surface area (Å²) < 4.78 is 30.0. The van der Waals surface area contributed by atoms with Crippen molar-refractivity contribution < 1.29 is 38.1 Å². The SMILES string of the molecule is CCOc1ccc(N2C(=O)NC(=O)/C(=C\c3cc(Br)c(OCc4ccc(OCc5ccccc5)c(OCC)c4)c(OCC)c3)C2=O)cc1. The Morgan fingerprint density at radius 1 is 0.688 bits per heavy atom. The van der Waals surface area contributed by atoms with Gasteiger partial charge in [0, 0.05) is 0 Å². The summed E-state index contributed by atoms with van der Waals surface area (Å²) in [5.74, 6) is 1.09. The molecule has 0 unspecified atom stereocenters. The van der Waals surface area contributed by atoms with Crippen LogP contribution in [0.2, 0.25) is 0 Å². The summed E-state index contributed by atoms with van der Waals surface area (Å²) in [5.41, 5.74) is 2.45. The molecule has 4 aromatic carbocycles. The Labute approximate surface area is 287 Å². The average Bonchev–Trinajstić information content (AvgIpc) is 3.07. The number of benzene rings is 4. The van der Waals surface area contributed by atoms with Crippen molar-refractivity contribution in [2.75, 3.05) is 24.7 Å². The number of anilines is 1. The summed E-state index contributed by atoms with van der Waals surface area (Å²) in [7, 11) is 0. The number of nitrogens with zero attached hydrogens (tertiary/aromatic N) is 1. The van der Waals surface area contributed by atoms with Crippen molar-refractivity contribution in [3.63, 3.8) is 0 Å². The maximum Gasteiger partial charge on any atom is 0.335 e. The van der Waals surface area contributed by atoms with Gasteiger partial charge in [-0.2, -0.15) is 0 Å². The number of urea groups is 1. The van der Waals surface area contributed by atoms with Gasteiger partial charge in [0.15, 0.2) is 23.0 Å². The molecule has 1 N–H and O–H groups in total. The Hall–Kier alpha value is -5.29. The number of hydrogen-bond donors (Lipinski definition) is 1. The number of barbiturate groups is 1. The fourth-order valence-corrected chi connectivity index (χ4v) is 5.49. The third-order valence-corrected chi connectivity index (χ3v) is 7.67. The maximum absolute atomic E-state index is 13.5. The molecular weight excluding hydrogens is 680 g/mol. The van der Waals surface area contributed by atoms with Gasteiger partial charge in [-0.25, -0.2) is 9.69 Å². The molecule has 10 nitrogen and oxygen atoms in total. The van der Waals surface area contributed by atoms with Gasteiger partial charge in [-0.05, 0) is 108 Å². The Morgan fingerprint density at radius 3 is 2.08 bits per heavy atom. The van der Waals surface area contributed by atoms with Crippen LogP contribution < -0.4 is 33.9 Å². The van der Waals surface area contributed by atoms with Crippen molar-refractivity contribution in [2.24, 2.45) is 0 Å². The lowest BCUT2D eigenvalue weighted by molar-refractivity contribution is -0.122. The van der Waals surface area contributed by atoms with Gasteiger partial charge in [-0.1, -0.05) is 36.4 Å². The van der Waals surface area contributed by atoms with E-state index in [2.05, 4.69) is 21.2 Å². The molecule has 0 saturated carbocycles. The topological polar surface area (TPSA) is 113 Å². The third-order valence-electron chi connectivity index (χ3n) is 7.08. The van der Waals surface area contributed by atoms with Crippen LogP contribution in [0.15, 0.2) is 95.0 Å². The lowest BCUT2D eigenvalue weighted by atomic mass is 10.1. The highest BCUT2D eigenvalue weighted by molar-refractivity contribution is 9.10. The molecule has 48 heavy (non-hydrogen) atoms. The van der Waals surface area contributed by atoms with Gasteiger partial charge < -0.3 is 23.7 Å². The van der Waals surface area contributed by atoms with E-state index in [4.69, 9.17) is 23.7 Å². The van der Waals surface area contributed by atoms with Gasteiger partial charge in [0.25, 0.3) is 11.8 Å². The number of halogens is 1. The fraction of sp³-hybridized carbons (Fsp3) is 0.216. The Balaban J connectivity index is 1.35. The molecule has 11 heteroatoms. The first-order valence-electron chi connectivity index (χ1n) is 15.5. The number of hydrogen-bond acceptors (Lipinski definition) is 8. The lowest BCUT2D eigenvalue weighted by Gasteiger charge is -2.26. The standard InChI is InChI=1S/C37H35BrN2O8/c1-4-44-28-15-13-27(14-16-28)40-36(42)29(35(41)39-37(40)43)18-26-19-30(38)34(33(21-26)46-6-3)48-23-25-12-17-31(32(20-25)45-5-2)47-22-24-10-8-7-9-11-24/h7-21H,4-6,22-23H2,1-3H3,(H,39,41,43)/b29-18+. The van der Waals surface area contributed by atoms with Gasteiger partial charge in [0.1, 0.15) is 24.5 Å². The van der Waals surface area contributed by atoms with Crippen molar-refractivity contribution in [2.45, 2.75) is 34.0 Å². The molecule has 4 aromatic rings. The van der Waals surface area contributed by atoms with Crippen LogP contribution in [0.5, 0.6) is 28.7 Å². The van der Waals surface area contributed by atoms with Crippen LogP contribution in [0.25, 0.3) is 6.08 Å². The van der Waals surface area contributed by atoms with Gasteiger partial charge >= 0.3 is 6.03 Å². The van der Waals surface area contributed by atoms with Crippen molar-refractivity contribution in [1.29, 1.82) is 0 Å². The molecule has 1 aliphatic rings. The summed E-state index contributed by atoms with van der Waals surface area (Å²) in [6, 6.07) is 24.5. The lowest BCUT2D eigenvalue weighted by Crippen LogP contribution is -2.54. The molecule has 0 radical (unpaired) electrons. The van der Waals surface area contributed by atoms with Crippen LogP contribution in [-0.4, -0.2) is 37.7 Å². The van der Waals surface area contributed by atoms with Crippen LogP contribution >= 0.6 is 15.9 Å². The van der Waals surface area contributed by atoms with Crippen LogP contribution in [0, 0.1) is 0 Å². The molecule has 1 saturated heterocycles. The molecule has 0 aromatic heterocycles. The number of amides is 4. The fourth-order valence-electron chi connectivity index (χ4n) is 4.91. The van der Waals surface area contributed by atoms with E-state index in [-0.39, 0.29) is 12.2 Å². The number of carbonyl (C=O) groups is 3. The number of imide groups is 2. The molecule has 0 atom stereocenters. The van der Waals surface area contributed by atoms with E-state index >= 15 is 0 Å². The summed E-state index contributed by atoms with van der Waals surface area (Å²) in [4.78, 5) is 39.9. The summed E-state index contributed by atoms with van der Waals surface area (Å²) in [6.45, 7) is 7.48. The predicted octanol–water partition coefficient (Wildman–Crippen LogP) is 7.47. The summed E-state index contributed by atoms with van der Waals surface area (Å²) in [5, 5.41) is 2.25. The number of ether oxygens (including phenoxy) is 5. The zero-order valence-electron chi connectivity index (χ0n) is 26.8. The Bertz CT molecular complexity index is 1810. The first-order chi connectivity index (χ1) is 23.3. The van der Waals surface area contributed by atoms with Crippen molar-refractivity contribution >= 4 is 45.5 Å². The Morgan fingerprint density at radius 2 is 1.38 bits per heavy atom. The molecule has 0 bridgehead atoms. The zero-order valence-corrected chi connectivity index (χ0v) is 28.4. The van der Waals surface area contributed by atoms with E-state index in [1.165, 1.54) is 6.08 Å². The highest BCUT2D eigenvalue weighted by atomic mass is 79.9. The van der Waals surface area contributed by atoms with Gasteiger partial charge in [0.2, 0.25) is 0 Å². The van der Waals surface area contributed by atoms with E-state index < -0.39 is 17.8 Å². The van der Waals surface area contributed by atoms with E-state index in [1.54, 1.807) is 36.4 Å². The average molecular weight is 716 g/mol. The first-order valence-corrected chi connectivity index (χ1v) is 16.3. The molecule has 0 spiro atoms. The zero-order chi connectivity index (χ0) is 34.0. The molecule has 1 aliphatic heterocycles. The van der Waals surface area contributed by atoms with E-state index in [0.29, 0.717) is 70.9 Å². The number of carbonyl (C=O) groups excluding carboxylic acids is 3. The number of rotatable bonds is 14. The quantitative estimate of drug-likeness (QED) is 0.106. The van der Waals surface area contributed by atoms with Gasteiger partial charge in [0.05, 0.1) is 30.0 Å². The van der Waals surface area contributed by atoms with Crippen molar-refractivity contribution in [1.82, 2.24) is 5.32 Å². The van der Waals surface area contributed by atoms with Crippen molar-refractivity contribution in [3.8, 4) is 28.7 Å². The second-order valence-corrected chi connectivity index (χ2v) is 11.3. The molecule has 1 heterocycles. The van der Waals surface area contributed by atoms with Crippen LogP contribution in [0.3, 0.4) is 0 Å². The van der Waals surface area contributed by atoms with E-state index in [9.17, 15) is 14.4 Å². The van der Waals surface area contributed by atoms with Crippen LogP contribution in [0.1, 0.15) is 37.5 Å². The largest absolute Gasteiger partial charge is 0.494 e. The van der Waals surface area contributed by atoms with Crippen molar-refractivity contribution in [3.05, 3.63) is 112 Å². The van der Waals surface area contributed by atoms with Crippen LogP contribution in [0.4, 0.5) is 10.5 Å². The summed E-state index contributed by atoms with van der Waals surface area (Å²) >= 11 is 3.57. The predicted molar refractivity (Wildman–Crippen MR) is 185 cm³/mol.